The van der Waals surface area contributed by atoms with Crippen molar-refractivity contribution >= 4 is 21.4 Å². The van der Waals surface area contributed by atoms with Crippen molar-refractivity contribution in [2.75, 3.05) is 12.3 Å². The number of nitro benzene ring substituents is 1. The van der Waals surface area contributed by atoms with Gasteiger partial charge in [0.1, 0.15) is 5.69 Å². The molecule has 0 unspecified atom stereocenters. The zero-order chi connectivity index (χ0) is 17.9. The van der Waals surface area contributed by atoms with E-state index in [1.807, 2.05) is 30.3 Å². The van der Waals surface area contributed by atoms with Gasteiger partial charge in [0, 0.05) is 19.2 Å². The van der Waals surface area contributed by atoms with E-state index in [9.17, 15) is 18.5 Å². The van der Waals surface area contributed by atoms with Gasteiger partial charge in [0.2, 0.25) is 10.0 Å². The minimum Gasteiger partial charge on any atom is -0.393 e. The van der Waals surface area contributed by atoms with Crippen LogP contribution in [0.4, 0.5) is 11.4 Å². The van der Waals surface area contributed by atoms with Gasteiger partial charge in [-0.3, -0.25) is 10.1 Å². The molecule has 128 valence electrons. The number of nitrogens with zero attached hydrogens (tertiary/aromatic N) is 2. The van der Waals surface area contributed by atoms with Crippen molar-refractivity contribution in [3.05, 3.63) is 63.7 Å². The van der Waals surface area contributed by atoms with Crippen molar-refractivity contribution in [1.82, 2.24) is 4.31 Å². The van der Waals surface area contributed by atoms with E-state index in [2.05, 4.69) is 0 Å². The summed E-state index contributed by atoms with van der Waals surface area (Å²) in [7, 11) is -3.88. The second-order valence-electron chi connectivity index (χ2n) is 5.35. The number of benzene rings is 2. The van der Waals surface area contributed by atoms with Crippen LogP contribution in [0.25, 0.3) is 0 Å². The van der Waals surface area contributed by atoms with Gasteiger partial charge < -0.3 is 5.73 Å². The largest absolute Gasteiger partial charge is 0.393 e. The number of nitro groups is 1. The highest BCUT2D eigenvalue weighted by atomic mass is 32.2. The van der Waals surface area contributed by atoms with E-state index in [1.54, 1.807) is 13.8 Å². The lowest BCUT2D eigenvalue weighted by atomic mass is 10.2. The molecule has 0 saturated heterocycles. The molecule has 0 heterocycles. The van der Waals surface area contributed by atoms with Crippen LogP contribution in [-0.2, 0) is 16.6 Å². The third-order valence-corrected chi connectivity index (χ3v) is 5.76. The molecule has 7 nitrogen and oxygen atoms in total. The zero-order valence-electron chi connectivity index (χ0n) is 13.5. The molecule has 2 aromatic rings. The van der Waals surface area contributed by atoms with E-state index in [4.69, 9.17) is 5.73 Å². The van der Waals surface area contributed by atoms with Gasteiger partial charge in [0.15, 0.2) is 0 Å². The summed E-state index contributed by atoms with van der Waals surface area (Å²) in [5.74, 6) is 0. The molecule has 0 amide bonds. The highest BCUT2D eigenvalue weighted by Crippen LogP contribution is 2.30. The summed E-state index contributed by atoms with van der Waals surface area (Å²) in [4.78, 5) is 10.3. The van der Waals surface area contributed by atoms with E-state index >= 15 is 0 Å². The Kier molecular flexibility index (Phi) is 5.20. The first-order valence-corrected chi connectivity index (χ1v) is 8.80. The Bertz CT molecular complexity index is 851. The molecule has 0 saturated carbocycles. The second kappa shape index (κ2) is 6.98. The minimum atomic E-state index is -3.88. The number of nitrogens with two attached hydrogens (primary N) is 1. The molecule has 2 N–H and O–H groups in total. The highest BCUT2D eigenvalue weighted by Gasteiger charge is 2.28. The van der Waals surface area contributed by atoms with Crippen molar-refractivity contribution in [1.29, 1.82) is 0 Å². The Balaban J connectivity index is 2.48. The van der Waals surface area contributed by atoms with Crippen LogP contribution in [0.1, 0.15) is 18.1 Å². The Morgan fingerprint density at radius 3 is 2.38 bits per heavy atom. The van der Waals surface area contributed by atoms with Crippen LogP contribution in [0.3, 0.4) is 0 Å². The number of aryl methyl sites for hydroxylation is 1. The molecule has 2 rings (SSSR count). The Morgan fingerprint density at radius 1 is 1.21 bits per heavy atom. The molecular weight excluding hydrogens is 330 g/mol. The van der Waals surface area contributed by atoms with Crippen LogP contribution in [0.5, 0.6) is 0 Å². The molecule has 2 aromatic carbocycles. The standard InChI is InChI=1S/C16H19N3O4S/c1-3-18(11-13-7-5-4-6-8-13)24(22,23)16-10-15(19(20)21)14(17)9-12(16)2/h4-10H,3,11,17H2,1-2H3. The van der Waals surface area contributed by atoms with E-state index in [0.29, 0.717) is 5.56 Å². The number of hydrogen-bond donors (Lipinski definition) is 1. The fourth-order valence-corrected chi connectivity index (χ4v) is 4.09. The summed E-state index contributed by atoms with van der Waals surface area (Å²) >= 11 is 0. The molecule has 0 aromatic heterocycles. The number of rotatable bonds is 6. The lowest BCUT2D eigenvalue weighted by Gasteiger charge is -2.21. The maximum atomic E-state index is 12.9. The first kappa shape index (κ1) is 17.9. The molecule has 8 heteroatoms. The Labute approximate surface area is 140 Å². The van der Waals surface area contributed by atoms with Crippen LogP contribution in [-0.4, -0.2) is 24.2 Å². The highest BCUT2D eigenvalue weighted by molar-refractivity contribution is 7.89. The molecule has 24 heavy (non-hydrogen) atoms. The van der Waals surface area contributed by atoms with Gasteiger partial charge in [-0.05, 0) is 24.1 Å². The first-order valence-electron chi connectivity index (χ1n) is 7.36. The van der Waals surface area contributed by atoms with Gasteiger partial charge in [-0.15, -0.1) is 0 Å². The molecule has 0 fully saturated rings. The van der Waals surface area contributed by atoms with E-state index in [1.165, 1.54) is 10.4 Å². The Hall–Kier alpha value is -2.45. The third kappa shape index (κ3) is 3.55. The zero-order valence-corrected chi connectivity index (χ0v) is 14.3. The smallest absolute Gasteiger partial charge is 0.293 e. The van der Waals surface area contributed by atoms with Crippen molar-refractivity contribution in [3.63, 3.8) is 0 Å². The quantitative estimate of drug-likeness (QED) is 0.490. The lowest BCUT2D eigenvalue weighted by Crippen LogP contribution is -2.31. The molecular formula is C16H19N3O4S. The summed E-state index contributed by atoms with van der Waals surface area (Å²) in [5.41, 5.74) is 6.37. The molecule has 0 aliphatic carbocycles. The predicted octanol–water partition coefficient (Wildman–Crippen LogP) is 2.70. The van der Waals surface area contributed by atoms with Gasteiger partial charge in [0.05, 0.1) is 9.82 Å². The second-order valence-corrected chi connectivity index (χ2v) is 7.26. The Morgan fingerprint density at radius 2 is 1.83 bits per heavy atom. The van der Waals surface area contributed by atoms with E-state index < -0.39 is 20.6 Å². The fourth-order valence-electron chi connectivity index (χ4n) is 2.43. The van der Waals surface area contributed by atoms with Gasteiger partial charge in [-0.25, -0.2) is 8.42 Å². The van der Waals surface area contributed by atoms with Crippen LogP contribution in [0.2, 0.25) is 0 Å². The number of anilines is 1. The normalized spacial score (nSPS) is 11.6. The third-order valence-electron chi connectivity index (χ3n) is 3.69. The van der Waals surface area contributed by atoms with Gasteiger partial charge in [-0.1, -0.05) is 37.3 Å². The van der Waals surface area contributed by atoms with Crippen molar-refractivity contribution in [2.24, 2.45) is 0 Å². The molecule has 0 atom stereocenters. The maximum Gasteiger partial charge on any atom is 0.293 e. The van der Waals surface area contributed by atoms with E-state index in [-0.39, 0.29) is 23.7 Å². The summed E-state index contributed by atoms with van der Waals surface area (Å²) < 4.78 is 27.2. The van der Waals surface area contributed by atoms with Crippen molar-refractivity contribution in [2.45, 2.75) is 25.3 Å². The topological polar surface area (TPSA) is 107 Å². The molecule has 0 spiro atoms. The van der Waals surface area contributed by atoms with Crippen LogP contribution < -0.4 is 5.73 Å². The van der Waals surface area contributed by atoms with Crippen molar-refractivity contribution < 1.29 is 13.3 Å². The number of sulfonamides is 1. The van der Waals surface area contributed by atoms with E-state index in [0.717, 1.165) is 11.6 Å². The summed E-state index contributed by atoms with van der Waals surface area (Å²) in [5, 5.41) is 11.1. The molecule has 0 aliphatic heterocycles. The first-order chi connectivity index (χ1) is 11.3. The lowest BCUT2D eigenvalue weighted by molar-refractivity contribution is -0.384. The van der Waals surface area contributed by atoms with Crippen LogP contribution in [0.15, 0.2) is 47.4 Å². The summed E-state index contributed by atoms with van der Waals surface area (Å²) in [6.07, 6.45) is 0. The van der Waals surface area contributed by atoms with Gasteiger partial charge in [0.25, 0.3) is 5.69 Å². The van der Waals surface area contributed by atoms with Crippen molar-refractivity contribution in [3.8, 4) is 0 Å². The fraction of sp³-hybridized carbons (Fsp3) is 0.250. The number of hydrogen-bond acceptors (Lipinski definition) is 5. The molecule has 0 aliphatic rings. The monoisotopic (exact) mass is 349 g/mol. The SMILES string of the molecule is CCN(Cc1ccccc1)S(=O)(=O)c1cc([N+](=O)[O-])c(N)cc1C. The summed E-state index contributed by atoms with van der Waals surface area (Å²) in [6, 6.07) is 11.5. The maximum absolute atomic E-state index is 12.9. The number of nitrogen functional groups attached to an aromatic ring is 1. The van der Waals surface area contributed by atoms with Crippen LogP contribution >= 0.6 is 0 Å². The average Bonchev–Trinajstić information content (AvgIpc) is 2.52. The molecule has 0 radical (unpaired) electrons. The minimum absolute atomic E-state index is 0.0532. The predicted molar refractivity (Wildman–Crippen MR) is 92.0 cm³/mol. The van der Waals surface area contributed by atoms with Crippen LogP contribution in [0, 0.1) is 17.0 Å². The molecule has 0 bridgehead atoms. The van der Waals surface area contributed by atoms with Gasteiger partial charge >= 0.3 is 0 Å². The summed E-state index contributed by atoms with van der Waals surface area (Å²) in [6.45, 7) is 3.73. The average molecular weight is 349 g/mol. The van der Waals surface area contributed by atoms with Gasteiger partial charge in [-0.2, -0.15) is 4.31 Å².